The highest BCUT2D eigenvalue weighted by Crippen LogP contribution is 2.28. The summed E-state index contributed by atoms with van der Waals surface area (Å²) in [6.07, 6.45) is 0. The summed E-state index contributed by atoms with van der Waals surface area (Å²) in [5, 5.41) is 2.76. The standard InChI is InChI=1S/C23H23ClN2O5S/c1-16(17-7-4-3-5-8-17)26-32(28,29)20-11-12-22(21(24)14-20)31-15-23(27)25-18-9-6-10-19(13-18)30-2/h3-14,16,26H,15H2,1-2H3,(H,25,27). The average Bonchev–Trinajstić information content (AvgIpc) is 2.78. The highest BCUT2D eigenvalue weighted by molar-refractivity contribution is 7.89. The quantitative estimate of drug-likeness (QED) is 0.479. The molecule has 0 radical (unpaired) electrons. The first-order valence-corrected chi connectivity index (χ1v) is 11.6. The van der Waals surface area contributed by atoms with Gasteiger partial charge in [-0.25, -0.2) is 13.1 Å². The number of rotatable bonds is 9. The molecule has 0 bridgehead atoms. The van der Waals surface area contributed by atoms with E-state index in [1.165, 1.54) is 25.3 Å². The molecule has 0 saturated carbocycles. The van der Waals surface area contributed by atoms with E-state index < -0.39 is 22.0 Å². The van der Waals surface area contributed by atoms with Crippen molar-refractivity contribution in [2.45, 2.75) is 17.9 Å². The van der Waals surface area contributed by atoms with E-state index in [2.05, 4.69) is 10.0 Å². The maximum atomic E-state index is 12.7. The predicted molar refractivity (Wildman–Crippen MR) is 124 cm³/mol. The van der Waals surface area contributed by atoms with Crippen molar-refractivity contribution in [2.24, 2.45) is 0 Å². The average molecular weight is 475 g/mol. The third-order valence-corrected chi connectivity index (χ3v) is 6.39. The van der Waals surface area contributed by atoms with Crippen LogP contribution in [0, 0.1) is 0 Å². The van der Waals surface area contributed by atoms with Crippen LogP contribution in [0.3, 0.4) is 0 Å². The van der Waals surface area contributed by atoms with Crippen LogP contribution >= 0.6 is 11.6 Å². The molecule has 1 unspecified atom stereocenters. The Morgan fingerprint density at radius 3 is 2.47 bits per heavy atom. The van der Waals surface area contributed by atoms with Crippen LogP contribution in [0.1, 0.15) is 18.5 Å². The molecule has 3 aromatic rings. The minimum Gasteiger partial charge on any atom is -0.497 e. The van der Waals surface area contributed by atoms with Gasteiger partial charge in [-0.2, -0.15) is 0 Å². The Morgan fingerprint density at radius 2 is 1.78 bits per heavy atom. The normalized spacial score (nSPS) is 12.1. The lowest BCUT2D eigenvalue weighted by molar-refractivity contribution is -0.118. The first-order valence-electron chi connectivity index (χ1n) is 9.72. The Bertz CT molecular complexity index is 1190. The third-order valence-electron chi connectivity index (χ3n) is 4.56. The minimum atomic E-state index is -3.81. The second-order valence-electron chi connectivity index (χ2n) is 6.91. The number of sulfonamides is 1. The fourth-order valence-electron chi connectivity index (χ4n) is 2.92. The van der Waals surface area contributed by atoms with Gasteiger partial charge < -0.3 is 14.8 Å². The van der Waals surface area contributed by atoms with Crippen LogP contribution in [0.15, 0.2) is 77.7 Å². The maximum absolute atomic E-state index is 12.7. The molecule has 168 valence electrons. The zero-order valence-corrected chi connectivity index (χ0v) is 19.1. The van der Waals surface area contributed by atoms with Gasteiger partial charge in [0.2, 0.25) is 10.0 Å². The number of anilines is 1. The van der Waals surface area contributed by atoms with Gasteiger partial charge in [-0.1, -0.05) is 48.0 Å². The number of amides is 1. The molecule has 0 heterocycles. The van der Waals surface area contributed by atoms with Crippen LogP contribution in [0.5, 0.6) is 11.5 Å². The number of methoxy groups -OCH3 is 1. The van der Waals surface area contributed by atoms with Crippen molar-refractivity contribution in [2.75, 3.05) is 19.0 Å². The number of hydrogen-bond acceptors (Lipinski definition) is 5. The highest BCUT2D eigenvalue weighted by Gasteiger charge is 2.20. The van der Waals surface area contributed by atoms with E-state index >= 15 is 0 Å². The molecule has 2 N–H and O–H groups in total. The van der Waals surface area contributed by atoms with Crippen LogP contribution in [0.25, 0.3) is 0 Å². The Kier molecular flexibility index (Phi) is 7.74. The molecular formula is C23H23ClN2O5S. The number of halogens is 1. The molecule has 0 aromatic heterocycles. The summed E-state index contributed by atoms with van der Waals surface area (Å²) in [7, 11) is -2.27. The number of hydrogen-bond donors (Lipinski definition) is 2. The Morgan fingerprint density at radius 1 is 1.03 bits per heavy atom. The monoisotopic (exact) mass is 474 g/mol. The molecule has 0 aliphatic heterocycles. The highest BCUT2D eigenvalue weighted by atomic mass is 35.5. The zero-order chi connectivity index (χ0) is 23.1. The van der Waals surface area contributed by atoms with E-state index in [9.17, 15) is 13.2 Å². The molecule has 0 fully saturated rings. The summed E-state index contributed by atoms with van der Waals surface area (Å²) >= 11 is 6.21. The lowest BCUT2D eigenvalue weighted by Gasteiger charge is -2.15. The van der Waals surface area contributed by atoms with Crippen molar-refractivity contribution in [1.82, 2.24) is 4.72 Å². The summed E-state index contributed by atoms with van der Waals surface area (Å²) in [6.45, 7) is 1.46. The van der Waals surface area contributed by atoms with Gasteiger partial charge in [-0.15, -0.1) is 0 Å². The van der Waals surface area contributed by atoms with E-state index in [4.69, 9.17) is 21.1 Å². The summed E-state index contributed by atoms with van der Waals surface area (Å²) in [4.78, 5) is 12.2. The molecule has 32 heavy (non-hydrogen) atoms. The van der Waals surface area contributed by atoms with Crippen LogP contribution in [-0.4, -0.2) is 28.0 Å². The number of nitrogens with one attached hydrogen (secondary N) is 2. The number of ether oxygens (including phenoxy) is 2. The van der Waals surface area contributed by atoms with E-state index in [1.807, 2.05) is 30.3 Å². The molecular weight excluding hydrogens is 452 g/mol. The lowest BCUT2D eigenvalue weighted by Crippen LogP contribution is -2.27. The first-order chi connectivity index (χ1) is 15.3. The van der Waals surface area contributed by atoms with E-state index in [1.54, 1.807) is 31.2 Å². The van der Waals surface area contributed by atoms with Crippen LogP contribution in [-0.2, 0) is 14.8 Å². The van der Waals surface area contributed by atoms with Gasteiger partial charge >= 0.3 is 0 Å². The number of carbonyl (C=O) groups excluding carboxylic acids is 1. The second-order valence-corrected chi connectivity index (χ2v) is 9.04. The van der Waals surface area contributed by atoms with Crippen molar-refractivity contribution < 1.29 is 22.7 Å². The van der Waals surface area contributed by atoms with Crippen molar-refractivity contribution in [3.63, 3.8) is 0 Å². The molecule has 0 aliphatic rings. The van der Waals surface area contributed by atoms with Crippen LogP contribution in [0.4, 0.5) is 5.69 Å². The fourth-order valence-corrected chi connectivity index (χ4v) is 4.48. The molecule has 9 heteroatoms. The van der Waals surface area contributed by atoms with Crippen LogP contribution < -0.4 is 19.5 Å². The SMILES string of the molecule is COc1cccc(NC(=O)COc2ccc(S(=O)(=O)NC(C)c3ccccc3)cc2Cl)c1. The predicted octanol–water partition coefficient (Wildman–Crippen LogP) is 4.41. The zero-order valence-electron chi connectivity index (χ0n) is 17.5. The molecule has 1 atom stereocenters. The number of benzene rings is 3. The molecule has 3 rings (SSSR count). The lowest BCUT2D eigenvalue weighted by atomic mass is 10.1. The van der Waals surface area contributed by atoms with Crippen LogP contribution in [0.2, 0.25) is 5.02 Å². The molecule has 0 aliphatic carbocycles. The summed E-state index contributed by atoms with van der Waals surface area (Å²) < 4.78 is 38.6. The molecule has 0 saturated heterocycles. The largest absolute Gasteiger partial charge is 0.497 e. The molecule has 1 amide bonds. The topological polar surface area (TPSA) is 93.7 Å². The van der Waals surface area contributed by atoms with Gasteiger partial charge in [-0.3, -0.25) is 4.79 Å². The van der Waals surface area contributed by atoms with Gasteiger partial charge in [0.25, 0.3) is 5.91 Å². The number of carbonyl (C=O) groups is 1. The van der Waals surface area contributed by atoms with E-state index in [0.29, 0.717) is 11.4 Å². The van der Waals surface area contributed by atoms with E-state index in [-0.39, 0.29) is 22.3 Å². The van der Waals surface area contributed by atoms with Gasteiger partial charge in [0.15, 0.2) is 6.61 Å². The summed E-state index contributed by atoms with van der Waals surface area (Å²) in [6, 6.07) is 19.8. The smallest absolute Gasteiger partial charge is 0.262 e. The summed E-state index contributed by atoms with van der Waals surface area (Å²) in [5.41, 5.74) is 1.40. The first kappa shape index (κ1) is 23.6. The minimum absolute atomic E-state index is 0.00142. The van der Waals surface area contributed by atoms with Gasteiger partial charge in [0, 0.05) is 17.8 Å². The molecule has 0 spiro atoms. The van der Waals surface area contributed by atoms with Gasteiger partial charge in [0.05, 0.1) is 17.0 Å². The third kappa shape index (κ3) is 6.23. The fraction of sp³-hybridized carbons (Fsp3) is 0.174. The van der Waals surface area contributed by atoms with Gasteiger partial charge in [-0.05, 0) is 42.8 Å². The van der Waals surface area contributed by atoms with Crippen molar-refractivity contribution in [3.8, 4) is 11.5 Å². The Labute approximate surface area is 192 Å². The van der Waals surface area contributed by atoms with Crippen molar-refractivity contribution in [1.29, 1.82) is 0 Å². The molecule has 3 aromatic carbocycles. The Balaban J connectivity index is 1.62. The Hall–Kier alpha value is -3.07. The van der Waals surface area contributed by atoms with E-state index in [0.717, 1.165) is 5.56 Å². The summed E-state index contributed by atoms with van der Waals surface area (Å²) in [5.74, 6) is 0.408. The van der Waals surface area contributed by atoms with Gasteiger partial charge in [0.1, 0.15) is 11.5 Å². The van der Waals surface area contributed by atoms with Crippen molar-refractivity contribution in [3.05, 3.63) is 83.4 Å². The van der Waals surface area contributed by atoms with Crippen molar-refractivity contribution >= 4 is 33.2 Å². The second kappa shape index (κ2) is 10.5. The molecule has 7 nitrogen and oxygen atoms in total. The maximum Gasteiger partial charge on any atom is 0.262 e.